The number of piperazine rings is 1. The van der Waals surface area contributed by atoms with Crippen LogP contribution in [0.25, 0.3) is 0 Å². The van der Waals surface area contributed by atoms with Gasteiger partial charge in [-0.05, 0) is 12.6 Å². The lowest BCUT2D eigenvalue weighted by Crippen LogP contribution is -2.45. The number of carbonyl (C=O) groups excluding carboxylic acids is 1. The van der Waals surface area contributed by atoms with Gasteiger partial charge in [0.2, 0.25) is 0 Å². The van der Waals surface area contributed by atoms with Crippen molar-refractivity contribution in [2.45, 2.75) is 12.8 Å². The van der Waals surface area contributed by atoms with E-state index in [4.69, 9.17) is 12.2 Å². The van der Waals surface area contributed by atoms with E-state index in [1.807, 2.05) is 30.3 Å². The predicted octanol–water partition coefficient (Wildman–Crippen LogP) is 2.45. The topological polar surface area (TPSA) is 23.6 Å². The van der Waals surface area contributed by atoms with Crippen LogP contribution in [0.1, 0.15) is 12.0 Å². The summed E-state index contributed by atoms with van der Waals surface area (Å²) < 4.78 is 0.940. The monoisotopic (exact) mass is 322 g/mol. The minimum absolute atomic E-state index is 0.287. The van der Waals surface area contributed by atoms with Gasteiger partial charge >= 0.3 is 0 Å². The lowest BCUT2D eigenvalue weighted by atomic mass is 10.1. The van der Waals surface area contributed by atoms with Crippen molar-refractivity contribution in [1.82, 2.24) is 9.80 Å². The number of hydrogen-bond acceptors (Lipinski definition) is 4. The first-order chi connectivity index (χ1) is 10.1. The van der Waals surface area contributed by atoms with Crippen molar-refractivity contribution >= 4 is 34.1 Å². The fourth-order valence-electron chi connectivity index (χ4n) is 2.24. The second kappa shape index (κ2) is 8.51. The van der Waals surface area contributed by atoms with E-state index in [0.717, 1.165) is 41.8 Å². The molecule has 2 rings (SSSR count). The number of Topliss-reactive ketones (excluding diaryl/α,β-unsaturated/α-hetero) is 1. The highest BCUT2D eigenvalue weighted by molar-refractivity contribution is 8.22. The Labute approximate surface area is 136 Å². The van der Waals surface area contributed by atoms with E-state index in [0.29, 0.717) is 12.8 Å². The second-order valence-corrected chi connectivity index (χ2v) is 7.08. The van der Waals surface area contributed by atoms with Gasteiger partial charge in [0.25, 0.3) is 0 Å². The normalized spacial score (nSPS) is 16.0. The Hall–Kier alpha value is -0.910. The third-order valence-corrected chi connectivity index (χ3v) is 5.14. The summed E-state index contributed by atoms with van der Waals surface area (Å²) >= 11 is 7.09. The summed E-state index contributed by atoms with van der Waals surface area (Å²) in [6.07, 6.45) is 1.12. The van der Waals surface area contributed by atoms with Crippen molar-refractivity contribution in [3.8, 4) is 0 Å². The van der Waals surface area contributed by atoms with Crippen LogP contribution >= 0.6 is 24.0 Å². The number of nitrogens with zero attached hydrogens (tertiary/aromatic N) is 2. The van der Waals surface area contributed by atoms with Gasteiger partial charge in [0.15, 0.2) is 0 Å². The van der Waals surface area contributed by atoms with Crippen LogP contribution in [0.15, 0.2) is 30.3 Å². The highest BCUT2D eigenvalue weighted by Gasteiger charge is 2.16. The van der Waals surface area contributed by atoms with Crippen LogP contribution in [0.2, 0.25) is 0 Å². The Bertz CT molecular complexity index is 470. The molecule has 114 valence electrons. The molecular weight excluding hydrogens is 300 g/mol. The number of ketones is 1. The molecule has 0 atom stereocenters. The van der Waals surface area contributed by atoms with Crippen molar-refractivity contribution in [2.75, 3.05) is 39.0 Å². The van der Waals surface area contributed by atoms with Crippen molar-refractivity contribution in [3.05, 3.63) is 35.9 Å². The minimum Gasteiger partial charge on any atom is -0.355 e. The van der Waals surface area contributed by atoms with Gasteiger partial charge < -0.3 is 9.80 Å². The van der Waals surface area contributed by atoms with E-state index in [9.17, 15) is 4.79 Å². The number of rotatable bonds is 5. The maximum Gasteiger partial charge on any atom is 0.138 e. The zero-order chi connectivity index (χ0) is 15.1. The molecule has 1 aromatic rings. The predicted molar refractivity (Wildman–Crippen MR) is 93.9 cm³/mol. The van der Waals surface area contributed by atoms with E-state index in [1.165, 1.54) is 0 Å². The molecule has 1 fully saturated rings. The Kier molecular flexibility index (Phi) is 6.67. The first kappa shape index (κ1) is 16.5. The van der Waals surface area contributed by atoms with Gasteiger partial charge in [-0.3, -0.25) is 4.79 Å². The van der Waals surface area contributed by atoms with E-state index in [2.05, 4.69) is 16.8 Å². The van der Waals surface area contributed by atoms with E-state index in [1.54, 1.807) is 11.8 Å². The molecule has 0 radical (unpaired) electrons. The lowest BCUT2D eigenvalue weighted by Gasteiger charge is -2.33. The van der Waals surface area contributed by atoms with E-state index < -0.39 is 0 Å². The summed E-state index contributed by atoms with van der Waals surface area (Å²) in [5.74, 6) is 1.08. The molecular formula is C16H22N2OS2. The molecule has 0 bridgehead atoms. The van der Waals surface area contributed by atoms with Crippen molar-refractivity contribution in [2.24, 2.45) is 0 Å². The van der Waals surface area contributed by atoms with Crippen LogP contribution in [0.3, 0.4) is 0 Å². The molecule has 1 heterocycles. The molecule has 0 spiro atoms. The number of benzene rings is 1. The van der Waals surface area contributed by atoms with Crippen LogP contribution in [-0.2, 0) is 11.2 Å². The molecule has 0 aliphatic carbocycles. The van der Waals surface area contributed by atoms with Crippen LogP contribution in [0, 0.1) is 0 Å². The van der Waals surface area contributed by atoms with Gasteiger partial charge in [0.05, 0.1) is 0 Å². The Morgan fingerprint density at radius 1 is 1.19 bits per heavy atom. The Morgan fingerprint density at radius 2 is 1.86 bits per heavy atom. The van der Waals surface area contributed by atoms with Gasteiger partial charge in [0.1, 0.15) is 10.1 Å². The molecule has 1 aromatic carbocycles. The first-order valence-electron chi connectivity index (χ1n) is 7.31. The number of thioether (sulfide) groups is 1. The molecule has 21 heavy (non-hydrogen) atoms. The van der Waals surface area contributed by atoms with Crippen LogP contribution in [0.4, 0.5) is 0 Å². The molecule has 0 amide bonds. The highest BCUT2D eigenvalue weighted by atomic mass is 32.2. The van der Waals surface area contributed by atoms with Gasteiger partial charge in [-0.1, -0.05) is 54.3 Å². The fraction of sp³-hybridized carbons (Fsp3) is 0.500. The molecule has 1 aliphatic heterocycles. The first-order valence-corrected chi connectivity index (χ1v) is 8.70. The van der Waals surface area contributed by atoms with Gasteiger partial charge in [0, 0.05) is 44.8 Å². The summed E-state index contributed by atoms with van der Waals surface area (Å²) in [7, 11) is 2.13. The van der Waals surface area contributed by atoms with Crippen LogP contribution in [-0.4, -0.2) is 58.9 Å². The zero-order valence-electron chi connectivity index (χ0n) is 12.5. The van der Waals surface area contributed by atoms with Crippen molar-refractivity contribution in [1.29, 1.82) is 0 Å². The largest absolute Gasteiger partial charge is 0.355 e. The van der Waals surface area contributed by atoms with Crippen LogP contribution < -0.4 is 0 Å². The number of hydrogen-bond donors (Lipinski definition) is 0. The second-order valence-electron chi connectivity index (χ2n) is 5.36. The van der Waals surface area contributed by atoms with E-state index >= 15 is 0 Å². The van der Waals surface area contributed by atoms with Crippen LogP contribution in [0.5, 0.6) is 0 Å². The number of carbonyl (C=O) groups is 1. The molecule has 0 unspecified atom stereocenters. The summed E-state index contributed by atoms with van der Waals surface area (Å²) in [5.41, 5.74) is 1.09. The maximum atomic E-state index is 11.9. The van der Waals surface area contributed by atoms with Gasteiger partial charge in [-0.2, -0.15) is 0 Å². The maximum absolute atomic E-state index is 11.9. The summed E-state index contributed by atoms with van der Waals surface area (Å²) in [6, 6.07) is 9.91. The van der Waals surface area contributed by atoms with Crippen molar-refractivity contribution < 1.29 is 4.79 Å². The molecule has 0 saturated carbocycles. The zero-order valence-corrected chi connectivity index (χ0v) is 14.1. The lowest BCUT2D eigenvalue weighted by molar-refractivity contribution is -0.118. The molecule has 0 aromatic heterocycles. The third kappa shape index (κ3) is 5.77. The average Bonchev–Trinajstić information content (AvgIpc) is 2.49. The fourth-order valence-corrected chi connectivity index (χ4v) is 3.55. The van der Waals surface area contributed by atoms with Gasteiger partial charge in [-0.25, -0.2) is 0 Å². The molecule has 3 nitrogen and oxygen atoms in total. The summed E-state index contributed by atoms with van der Waals surface area (Å²) in [5, 5.41) is 0. The smallest absolute Gasteiger partial charge is 0.138 e. The number of thiocarbonyl (C=S) groups is 1. The quantitative estimate of drug-likeness (QED) is 0.775. The summed E-state index contributed by atoms with van der Waals surface area (Å²) in [4.78, 5) is 16.5. The molecule has 1 saturated heterocycles. The van der Waals surface area contributed by atoms with Crippen molar-refractivity contribution in [3.63, 3.8) is 0 Å². The Morgan fingerprint density at radius 3 is 2.52 bits per heavy atom. The highest BCUT2D eigenvalue weighted by Crippen LogP contribution is 2.14. The molecule has 5 heteroatoms. The molecule has 1 aliphatic rings. The average molecular weight is 322 g/mol. The van der Waals surface area contributed by atoms with E-state index in [-0.39, 0.29) is 5.78 Å². The third-order valence-electron chi connectivity index (χ3n) is 3.61. The SMILES string of the molecule is CN1CCN(C(=S)SCCC(=O)Cc2ccccc2)CC1. The summed E-state index contributed by atoms with van der Waals surface area (Å²) in [6.45, 7) is 4.13. The molecule has 0 N–H and O–H groups in total. The number of likely N-dealkylation sites (N-methyl/N-ethyl adjacent to an activating group) is 1. The van der Waals surface area contributed by atoms with Gasteiger partial charge in [-0.15, -0.1) is 0 Å². The minimum atomic E-state index is 0.287. The Balaban J connectivity index is 1.64. The standard InChI is InChI=1S/C16H22N2OS2/c1-17-8-10-18(11-9-17)16(20)21-12-7-15(19)13-14-5-3-2-4-6-14/h2-6H,7-13H2,1H3.